The Morgan fingerprint density at radius 1 is 1.07 bits per heavy atom. The van der Waals surface area contributed by atoms with Crippen molar-refractivity contribution in [3.63, 3.8) is 0 Å². The smallest absolute Gasteiger partial charge is 0.272 e. The van der Waals surface area contributed by atoms with Crippen LogP contribution in [0.25, 0.3) is 11.3 Å². The molecule has 0 unspecified atom stereocenters. The second-order valence-corrected chi connectivity index (χ2v) is 7.94. The number of hydrogen-bond donors (Lipinski definition) is 0. The van der Waals surface area contributed by atoms with E-state index in [-0.39, 0.29) is 5.91 Å². The van der Waals surface area contributed by atoms with E-state index in [1.165, 1.54) is 4.88 Å². The molecule has 27 heavy (non-hydrogen) atoms. The number of aromatic nitrogens is 2. The van der Waals surface area contributed by atoms with Crippen LogP contribution in [-0.4, -0.2) is 51.7 Å². The lowest BCUT2D eigenvalue weighted by Gasteiger charge is -2.21. The molecule has 0 N–H and O–H groups in total. The van der Waals surface area contributed by atoms with Crippen molar-refractivity contribution in [2.24, 2.45) is 7.05 Å². The molecular formula is C21H24N4OS. The second-order valence-electron chi connectivity index (χ2n) is 6.91. The SMILES string of the molecule is Cn1nc(-c2ccccc2)cc1C(=O)N1CCCN(Cc2cccs2)CC1. The van der Waals surface area contributed by atoms with Gasteiger partial charge in [-0.1, -0.05) is 36.4 Å². The molecule has 1 aliphatic rings. The fraction of sp³-hybridized carbons (Fsp3) is 0.333. The topological polar surface area (TPSA) is 41.4 Å². The summed E-state index contributed by atoms with van der Waals surface area (Å²) in [6, 6.07) is 16.2. The molecule has 1 aliphatic heterocycles. The first-order chi connectivity index (χ1) is 13.2. The summed E-state index contributed by atoms with van der Waals surface area (Å²) in [7, 11) is 1.85. The highest BCUT2D eigenvalue weighted by molar-refractivity contribution is 7.09. The normalized spacial score (nSPS) is 15.7. The standard InChI is InChI=1S/C21H24N4OS/c1-23-20(15-19(22-23)17-7-3-2-4-8-17)21(26)25-11-6-10-24(12-13-25)16-18-9-5-14-27-18/h2-5,7-9,14-15H,6,10-13,16H2,1H3. The van der Waals surface area contributed by atoms with Gasteiger partial charge in [-0.2, -0.15) is 5.10 Å². The molecule has 0 radical (unpaired) electrons. The highest BCUT2D eigenvalue weighted by Gasteiger charge is 2.23. The Kier molecular flexibility index (Phi) is 5.36. The van der Waals surface area contributed by atoms with Gasteiger partial charge in [0.25, 0.3) is 5.91 Å². The Balaban J connectivity index is 1.44. The summed E-state index contributed by atoms with van der Waals surface area (Å²) < 4.78 is 1.71. The van der Waals surface area contributed by atoms with Gasteiger partial charge in [0.1, 0.15) is 5.69 Å². The summed E-state index contributed by atoms with van der Waals surface area (Å²) in [4.78, 5) is 18.9. The Hall–Kier alpha value is -2.44. The highest BCUT2D eigenvalue weighted by Crippen LogP contribution is 2.20. The van der Waals surface area contributed by atoms with Crippen LogP contribution in [0.2, 0.25) is 0 Å². The molecular weight excluding hydrogens is 356 g/mol. The molecule has 3 aromatic rings. The summed E-state index contributed by atoms with van der Waals surface area (Å²) in [5.74, 6) is 0.0742. The first-order valence-electron chi connectivity index (χ1n) is 9.34. The second kappa shape index (κ2) is 8.06. The van der Waals surface area contributed by atoms with E-state index in [1.54, 1.807) is 16.0 Å². The molecule has 1 amide bonds. The number of rotatable bonds is 4. The molecule has 5 nitrogen and oxygen atoms in total. The van der Waals surface area contributed by atoms with Crippen molar-refractivity contribution in [3.8, 4) is 11.3 Å². The fourth-order valence-corrected chi connectivity index (χ4v) is 4.28. The first-order valence-corrected chi connectivity index (χ1v) is 10.2. The van der Waals surface area contributed by atoms with Gasteiger partial charge in [0, 0.05) is 50.2 Å². The average Bonchev–Trinajstić information content (AvgIpc) is 3.27. The molecule has 0 spiro atoms. The van der Waals surface area contributed by atoms with Crippen LogP contribution in [0.5, 0.6) is 0 Å². The molecule has 1 aromatic carbocycles. The van der Waals surface area contributed by atoms with E-state index in [9.17, 15) is 4.79 Å². The summed E-state index contributed by atoms with van der Waals surface area (Å²) in [5.41, 5.74) is 2.53. The van der Waals surface area contributed by atoms with Gasteiger partial charge in [-0.15, -0.1) is 11.3 Å². The van der Waals surface area contributed by atoms with Gasteiger partial charge >= 0.3 is 0 Å². The number of carbonyl (C=O) groups excluding carboxylic acids is 1. The number of carbonyl (C=O) groups is 1. The van der Waals surface area contributed by atoms with E-state index in [2.05, 4.69) is 27.5 Å². The van der Waals surface area contributed by atoms with Gasteiger partial charge in [-0.3, -0.25) is 14.4 Å². The average molecular weight is 381 g/mol. The van der Waals surface area contributed by atoms with Crippen LogP contribution in [0, 0.1) is 0 Å². The molecule has 0 aliphatic carbocycles. The van der Waals surface area contributed by atoms with Crippen molar-refractivity contribution in [2.45, 2.75) is 13.0 Å². The summed E-state index contributed by atoms with van der Waals surface area (Å²) in [5, 5.41) is 6.67. The Labute approximate surface area is 163 Å². The molecule has 0 bridgehead atoms. The lowest BCUT2D eigenvalue weighted by atomic mass is 10.1. The van der Waals surface area contributed by atoms with E-state index in [4.69, 9.17) is 0 Å². The largest absolute Gasteiger partial charge is 0.336 e. The van der Waals surface area contributed by atoms with Crippen LogP contribution in [0.3, 0.4) is 0 Å². The Morgan fingerprint density at radius 3 is 2.70 bits per heavy atom. The maximum absolute atomic E-state index is 13.1. The number of nitrogens with zero attached hydrogens (tertiary/aromatic N) is 4. The van der Waals surface area contributed by atoms with Gasteiger partial charge < -0.3 is 4.90 Å². The van der Waals surface area contributed by atoms with E-state index in [1.807, 2.05) is 48.3 Å². The zero-order valence-corrected chi connectivity index (χ0v) is 16.4. The number of amides is 1. The van der Waals surface area contributed by atoms with Crippen molar-refractivity contribution in [1.29, 1.82) is 0 Å². The van der Waals surface area contributed by atoms with Crippen molar-refractivity contribution >= 4 is 17.2 Å². The maximum Gasteiger partial charge on any atom is 0.272 e. The molecule has 140 valence electrons. The molecule has 0 atom stereocenters. The van der Waals surface area contributed by atoms with E-state index < -0.39 is 0 Å². The monoisotopic (exact) mass is 380 g/mol. The quantitative estimate of drug-likeness (QED) is 0.696. The van der Waals surface area contributed by atoms with Gasteiger partial charge in [-0.25, -0.2) is 0 Å². The third-order valence-electron chi connectivity index (χ3n) is 5.00. The highest BCUT2D eigenvalue weighted by atomic mass is 32.1. The molecule has 0 saturated carbocycles. The van der Waals surface area contributed by atoms with Crippen molar-refractivity contribution < 1.29 is 4.79 Å². The van der Waals surface area contributed by atoms with Gasteiger partial charge in [-0.05, 0) is 23.9 Å². The van der Waals surface area contributed by atoms with Crippen LogP contribution >= 0.6 is 11.3 Å². The van der Waals surface area contributed by atoms with Crippen molar-refractivity contribution in [1.82, 2.24) is 19.6 Å². The third-order valence-corrected chi connectivity index (χ3v) is 5.86. The van der Waals surface area contributed by atoms with Crippen LogP contribution < -0.4 is 0 Å². The van der Waals surface area contributed by atoms with E-state index in [0.29, 0.717) is 5.69 Å². The molecule has 1 saturated heterocycles. The zero-order valence-electron chi connectivity index (χ0n) is 15.5. The van der Waals surface area contributed by atoms with Crippen LogP contribution in [0.15, 0.2) is 53.9 Å². The Morgan fingerprint density at radius 2 is 1.93 bits per heavy atom. The minimum Gasteiger partial charge on any atom is -0.336 e. The Bertz CT molecular complexity index is 888. The number of thiophene rings is 1. The minimum atomic E-state index is 0.0742. The number of aryl methyl sites for hydroxylation is 1. The summed E-state index contributed by atoms with van der Waals surface area (Å²) in [6.45, 7) is 4.47. The lowest BCUT2D eigenvalue weighted by Crippen LogP contribution is -2.36. The van der Waals surface area contributed by atoms with Crippen LogP contribution in [-0.2, 0) is 13.6 Å². The summed E-state index contributed by atoms with van der Waals surface area (Å²) >= 11 is 1.80. The predicted molar refractivity (Wildman–Crippen MR) is 109 cm³/mol. The number of hydrogen-bond acceptors (Lipinski definition) is 4. The van der Waals surface area contributed by atoms with E-state index in [0.717, 1.165) is 50.4 Å². The lowest BCUT2D eigenvalue weighted by molar-refractivity contribution is 0.0750. The molecule has 1 fully saturated rings. The molecule has 4 rings (SSSR count). The van der Waals surface area contributed by atoms with Crippen LogP contribution in [0.1, 0.15) is 21.8 Å². The summed E-state index contributed by atoms with van der Waals surface area (Å²) in [6.07, 6.45) is 1.00. The maximum atomic E-state index is 13.1. The van der Waals surface area contributed by atoms with Crippen molar-refractivity contribution in [2.75, 3.05) is 26.2 Å². The zero-order chi connectivity index (χ0) is 18.6. The minimum absolute atomic E-state index is 0.0742. The predicted octanol–water partition coefficient (Wildman–Crippen LogP) is 3.50. The fourth-order valence-electron chi connectivity index (χ4n) is 3.53. The van der Waals surface area contributed by atoms with Gasteiger partial charge in [0.15, 0.2) is 0 Å². The molecule has 6 heteroatoms. The number of benzene rings is 1. The van der Waals surface area contributed by atoms with Crippen molar-refractivity contribution in [3.05, 3.63) is 64.5 Å². The first kappa shape index (κ1) is 17.9. The van der Waals surface area contributed by atoms with Crippen LogP contribution in [0.4, 0.5) is 0 Å². The van der Waals surface area contributed by atoms with Gasteiger partial charge in [0.05, 0.1) is 5.69 Å². The molecule has 2 aromatic heterocycles. The molecule has 3 heterocycles. The third kappa shape index (κ3) is 4.12. The van der Waals surface area contributed by atoms with Gasteiger partial charge in [0.2, 0.25) is 0 Å². The van der Waals surface area contributed by atoms with E-state index >= 15 is 0 Å².